The number of hydrogen-bond donors (Lipinski definition) is 0. The molecule has 54 valence electrons. The van der Waals surface area contributed by atoms with Gasteiger partial charge in [0.15, 0.2) is 0 Å². The molecule has 0 bridgehead atoms. The van der Waals surface area contributed by atoms with E-state index in [0.29, 0.717) is 0 Å². The molecule has 0 saturated heterocycles. The van der Waals surface area contributed by atoms with E-state index in [0.717, 1.165) is 0 Å². The summed E-state index contributed by atoms with van der Waals surface area (Å²) in [6.45, 7) is 3.43. The van der Waals surface area contributed by atoms with Gasteiger partial charge in [-0.3, -0.25) is 0 Å². The number of hydrogen-bond acceptors (Lipinski definition) is 1. The molecule has 1 aliphatic heterocycles. The van der Waals surface area contributed by atoms with E-state index in [9.17, 15) is 0 Å². The second-order valence-corrected chi connectivity index (χ2v) is 3.43. The van der Waals surface area contributed by atoms with Gasteiger partial charge in [-0.05, 0) is 0 Å². The van der Waals surface area contributed by atoms with E-state index in [2.05, 4.69) is 18.5 Å². The molecule has 0 unspecified atom stereocenters. The summed E-state index contributed by atoms with van der Waals surface area (Å²) in [5.41, 5.74) is 0. The standard InChI is InChI=1S/C6H12NS.ClH/c1-6-7(2)4-3-5-8-6;/h3-5H2,1-2H3;1H/q+1;/p-1. The highest BCUT2D eigenvalue weighted by atomic mass is 35.5. The third kappa shape index (κ3) is 2.59. The van der Waals surface area contributed by atoms with Crippen molar-refractivity contribution < 1.29 is 17.0 Å². The van der Waals surface area contributed by atoms with E-state index in [1.54, 1.807) is 0 Å². The van der Waals surface area contributed by atoms with Crippen LogP contribution in [0.2, 0.25) is 0 Å². The van der Waals surface area contributed by atoms with Gasteiger partial charge in [-0.1, -0.05) is 11.8 Å². The van der Waals surface area contributed by atoms with Crippen LogP contribution in [-0.2, 0) is 0 Å². The average molecular weight is 166 g/mol. The van der Waals surface area contributed by atoms with Crippen molar-refractivity contribution in [1.29, 1.82) is 0 Å². The van der Waals surface area contributed by atoms with Crippen LogP contribution in [0.3, 0.4) is 0 Å². The molecule has 3 heteroatoms. The zero-order valence-corrected chi connectivity index (χ0v) is 7.43. The molecule has 0 atom stereocenters. The molecule has 0 aromatic carbocycles. The first-order valence-electron chi connectivity index (χ1n) is 2.98. The van der Waals surface area contributed by atoms with Crippen LogP contribution in [0.15, 0.2) is 0 Å². The van der Waals surface area contributed by atoms with Crippen LogP contribution in [0.1, 0.15) is 13.3 Å². The van der Waals surface area contributed by atoms with Crippen molar-refractivity contribution >= 4 is 16.8 Å². The van der Waals surface area contributed by atoms with Gasteiger partial charge in [0.2, 0.25) is 5.04 Å². The van der Waals surface area contributed by atoms with E-state index >= 15 is 0 Å². The summed E-state index contributed by atoms with van der Waals surface area (Å²) < 4.78 is 2.31. The van der Waals surface area contributed by atoms with Crippen LogP contribution < -0.4 is 12.4 Å². The number of thioether (sulfide) groups is 1. The monoisotopic (exact) mass is 165 g/mol. The molecule has 0 N–H and O–H groups in total. The Hall–Kier alpha value is 0.310. The Balaban J connectivity index is 0.000000640. The predicted molar refractivity (Wildman–Crippen MR) is 38.8 cm³/mol. The highest BCUT2D eigenvalue weighted by molar-refractivity contribution is 8.13. The fourth-order valence-electron chi connectivity index (χ4n) is 0.789. The lowest BCUT2D eigenvalue weighted by atomic mass is 10.5. The van der Waals surface area contributed by atoms with Gasteiger partial charge in [-0.15, -0.1) is 0 Å². The van der Waals surface area contributed by atoms with E-state index < -0.39 is 0 Å². The first-order chi connectivity index (χ1) is 3.80. The van der Waals surface area contributed by atoms with Crippen molar-refractivity contribution in [3.63, 3.8) is 0 Å². The summed E-state index contributed by atoms with van der Waals surface area (Å²) in [4.78, 5) is 0. The Labute approximate surface area is 66.9 Å². The molecule has 1 rings (SSSR count). The second-order valence-electron chi connectivity index (χ2n) is 2.14. The molecule has 1 aliphatic rings. The van der Waals surface area contributed by atoms with Crippen LogP contribution in [0.4, 0.5) is 0 Å². The number of nitrogens with zero attached hydrogens (tertiary/aromatic N) is 1. The quantitative estimate of drug-likeness (QED) is 0.383. The van der Waals surface area contributed by atoms with Gasteiger partial charge in [-0.2, -0.15) is 0 Å². The Morgan fingerprint density at radius 2 is 2.22 bits per heavy atom. The second kappa shape index (κ2) is 4.18. The molecule has 1 nitrogen and oxygen atoms in total. The summed E-state index contributed by atoms with van der Waals surface area (Å²) in [5.74, 6) is 1.32. The zero-order valence-electron chi connectivity index (χ0n) is 5.85. The topological polar surface area (TPSA) is 3.01 Å². The zero-order chi connectivity index (χ0) is 5.98. The van der Waals surface area contributed by atoms with Gasteiger partial charge in [0.05, 0.1) is 0 Å². The maximum Gasteiger partial charge on any atom is 0.207 e. The Morgan fingerprint density at radius 3 is 2.56 bits per heavy atom. The highest BCUT2D eigenvalue weighted by Crippen LogP contribution is 2.09. The van der Waals surface area contributed by atoms with E-state index in [1.807, 2.05) is 11.8 Å². The van der Waals surface area contributed by atoms with Gasteiger partial charge >= 0.3 is 0 Å². The molecule has 0 aromatic heterocycles. The van der Waals surface area contributed by atoms with Crippen molar-refractivity contribution in [2.75, 3.05) is 19.3 Å². The van der Waals surface area contributed by atoms with Gasteiger partial charge in [0, 0.05) is 19.1 Å². The summed E-state index contributed by atoms with van der Waals surface area (Å²) in [5, 5.41) is 1.47. The van der Waals surface area contributed by atoms with Crippen LogP contribution >= 0.6 is 11.8 Å². The molecule has 0 radical (unpaired) electrons. The van der Waals surface area contributed by atoms with Gasteiger partial charge in [0.25, 0.3) is 0 Å². The third-order valence-electron chi connectivity index (χ3n) is 1.49. The molecule has 0 saturated carbocycles. The first-order valence-corrected chi connectivity index (χ1v) is 3.97. The largest absolute Gasteiger partial charge is 1.00 e. The van der Waals surface area contributed by atoms with E-state index in [4.69, 9.17) is 0 Å². The maximum absolute atomic E-state index is 2.31. The summed E-state index contributed by atoms with van der Waals surface area (Å²) in [6, 6.07) is 0. The normalized spacial score (nSPS) is 19.3. The van der Waals surface area contributed by atoms with Crippen molar-refractivity contribution in [1.82, 2.24) is 0 Å². The van der Waals surface area contributed by atoms with Crippen molar-refractivity contribution in [3.05, 3.63) is 0 Å². The number of rotatable bonds is 0. The SMILES string of the molecule is CC1=[N+](C)CCCS1.[Cl-]. The summed E-state index contributed by atoms with van der Waals surface area (Å²) >= 11 is 1.97. The van der Waals surface area contributed by atoms with Crippen molar-refractivity contribution in [2.45, 2.75) is 13.3 Å². The lowest BCUT2D eigenvalue weighted by Gasteiger charge is -2.06. The Morgan fingerprint density at radius 1 is 1.56 bits per heavy atom. The molecule has 0 aromatic rings. The smallest absolute Gasteiger partial charge is 0.207 e. The van der Waals surface area contributed by atoms with Crippen LogP contribution in [-0.4, -0.2) is 29.0 Å². The van der Waals surface area contributed by atoms with Crippen LogP contribution in [0.5, 0.6) is 0 Å². The molecular weight excluding hydrogens is 154 g/mol. The molecule has 0 spiro atoms. The molecule has 1 heterocycles. The Kier molecular flexibility index (Phi) is 4.32. The third-order valence-corrected chi connectivity index (χ3v) is 2.71. The van der Waals surface area contributed by atoms with Crippen LogP contribution in [0.25, 0.3) is 0 Å². The molecule has 0 aliphatic carbocycles. The highest BCUT2D eigenvalue weighted by Gasteiger charge is 2.10. The first kappa shape index (κ1) is 9.31. The van der Waals surface area contributed by atoms with E-state index in [1.165, 1.54) is 23.8 Å². The molecule has 0 amide bonds. The van der Waals surface area contributed by atoms with Gasteiger partial charge in [-0.25, -0.2) is 4.58 Å². The lowest BCUT2D eigenvalue weighted by molar-refractivity contribution is -0.495. The summed E-state index contributed by atoms with van der Waals surface area (Å²) in [7, 11) is 2.15. The fraction of sp³-hybridized carbons (Fsp3) is 0.833. The van der Waals surface area contributed by atoms with Crippen molar-refractivity contribution in [3.8, 4) is 0 Å². The van der Waals surface area contributed by atoms with Gasteiger partial charge in [0.1, 0.15) is 13.6 Å². The molecular formula is C6H12ClNS. The minimum absolute atomic E-state index is 0. The van der Waals surface area contributed by atoms with E-state index in [-0.39, 0.29) is 12.4 Å². The minimum Gasteiger partial charge on any atom is -1.00 e. The predicted octanol–water partition coefficient (Wildman–Crippen LogP) is -1.81. The number of halogens is 1. The lowest BCUT2D eigenvalue weighted by Crippen LogP contribution is -3.00. The maximum atomic E-state index is 2.31. The van der Waals surface area contributed by atoms with Crippen LogP contribution in [0, 0.1) is 0 Å². The molecule has 0 fully saturated rings. The minimum atomic E-state index is 0. The fourth-order valence-corrected chi connectivity index (χ4v) is 1.67. The van der Waals surface area contributed by atoms with Crippen molar-refractivity contribution in [2.24, 2.45) is 0 Å². The average Bonchev–Trinajstić information content (AvgIpc) is 1.77. The molecule has 9 heavy (non-hydrogen) atoms. The Bertz CT molecular complexity index is 108. The van der Waals surface area contributed by atoms with Gasteiger partial charge < -0.3 is 12.4 Å². The summed E-state index contributed by atoms with van der Waals surface area (Å²) in [6.07, 6.45) is 1.35.